The van der Waals surface area contributed by atoms with Crippen LogP contribution in [0.3, 0.4) is 0 Å². The summed E-state index contributed by atoms with van der Waals surface area (Å²) < 4.78 is 37.4. The van der Waals surface area contributed by atoms with Gasteiger partial charge in [0, 0.05) is 11.8 Å². The summed E-state index contributed by atoms with van der Waals surface area (Å²) in [6, 6.07) is 0. The van der Waals surface area contributed by atoms with Crippen LogP contribution in [0.2, 0.25) is 0 Å². The van der Waals surface area contributed by atoms with Crippen LogP contribution in [-0.2, 0) is 9.47 Å². The molecule has 3 aliphatic carbocycles. The molecule has 0 radical (unpaired) electrons. The first-order valence-corrected chi connectivity index (χ1v) is 12.3. The lowest BCUT2D eigenvalue weighted by molar-refractivity contribution is -0.237. The first-order chi connectivity index (χ1) is 14.1. The maximum atomic E-state index is 12.5. The molecule has 4 heteroatoms. The van der Waals surface area contributed by atoms with Crippen LogP contribution in [0, 0.1) is 41.4 Å². The van der Waals surface area contributed by atoms with Gasteiger partial charge < -0.3 is 9.47 Å². The third-order valence-electron chi connectivity index (χ3n) is 8.72. The van der Waals surface area contributed by atoms with Gasteiger partial charge in [-0.2, -0.15) is 8.78 Å². The fraction of sp³-hybridized carbons (Fsp3) is 0.920. The van der Waals surface area contributed by atoms with E-state index in [-0.39, 0.29) is 12.2 Å². The van der Waals surface area contributed by atoms with Gasteiger partial charge in [-0.15, -0.1) is 0 Å². The van der Waals surface area contributed by atoms with E-state index in [9.17, 15) is 8.78 Å². The van der Waals surface area contributed by atoms with Crippen LogP contribution in [0.25, 0.3) is 0 Å². The highest BCUT2D eigenvalue weighted by molar-refractivity contribution is 4.92. The summed E-state index contributed by atoms with van der Waals surface area (Å²) in [5.41, 5.74) is 0. The monoisotopic (exact) mass is 410 g/mol. The topological polar surface area (TPSA) is 18.5 Å². The van der Waals surface area contributed by atoms with Crippen LogP contribution in [0.4, 0.5) is 8.78 Å². The predicted octanol–water partition coefficient (Wildman–Crippen LogP) is 7.20. The molecule has 1 saturated heterocycles. The molecule has 3 saturated carbocycles. The largest absolute Gasteiger partial charge is 0.352 e. The van der Waals surface area contributed by atoms with Gasteiger partial charge in [0.2, 0.25) is 0 Å². The highest BCUT2D eigenvalue weighted by Gasteiger charge is 2.37. The average Bonchev–Trinajstić information content (AvgIpc) is 2.75. The minimum Gasteiger partial charge on any atom is -0.352 e. The smallest absolute Gasteiger partial charge is 0.266 e. The zero-order valence-electron chi connectivity index (χ0n) is 18.2. The minimum absolute atomic E-state index is 0.0168. The highest BCUT2D eigenvalue weighted by Crippen LogP contribution is 2.44. The van der Waals surface area contributed by atoms with E-state index in [1.165, 1.54) is 57.4 Å². The molecule has 0 aromatic heterocycles. The molecule has 1 aliphatic heterocycles. The standard InChI is InChI=1S/C25H40F2O2/c1-17-2-6-21(7-3-17)23-15-28-25(29-16-23)22-12-10-20(11-13-22)19-8-4-18(5-9-19)14-24(26)27/h14,17-23,25H,2-13,15-16H2,1H3. The van der Waals surface area contributed by atoms with Crippen molar-refractivity contribution in [3.8, 4) is 0 Å². The Hall–Kier alpha value is -0.480. The van der Waals surface area contributed by atoms with E-state index in [0.717, 1.165) is 62.6 Å². The van der Waals surface area contributed by atoms with Gasteiger partial charge in [0.05, 0.1) is 13.2 Å². The van der Waals surface area contributed by atoms with Crippen molar-refractivity contribution in [1.29, 1.82) is 0 Å². The number of hydrogen-bond acceptors (Lipinski definition) is 2. The van der Waals surface area contributed by atoms with E-state index in [1.54, 1.807) is 0 Å². The van der Waals surface area contributed by atoms with Gasteiger partial charge in [0.1, 0.15) is 0 Å². The quantitative estimate of drug-likeness (QED) is 0.488. The Kier molecular flexibility index (Phi) is 7.66. The van der Waals surface area contributed by atoms with Gasteiger partial charge in [0.15, 0.2) is 6.29 Å². The lowest BCUT2D eigenvalue weighted by Crippen LogP contribution is -2.41. The van der Waals surface area contributed by atoms with Crippen LogP contribution >= 0.6 is 0 Å². The third-order valence-corrected chi connectivity index (χ3v) is 8.72. The Morgan fingerprint density at radius 3 is 1.62 bits per heavy atom. The van der Waals surface area contributed by atoms with Gasteiger partial charge in [-0.25, -0.2) is 0 Å². The Labute approximate surface area is 175 Å². The van der Waals surface area contributed by atoms with E-state index in [1.807, 2.05) is 0 Å². The lowest BCUT2D eigenvalue weighted by Gasteiger charge is -2.42. The SMILES string of the molecule is CC1CCC(C2COC(C3CCC(C4CCC(C=C(F)F)CC4)CC3)OC2)CC1. The first kappa shape index (κ1) is 21.7. The lowest BCUT2D eigenvalue weighted by atomic mass is 9.69. The van der Waals surface area contributed by atoms with Crippen LogP contribution in [0.1, 0.15) is 84.0 Å². The Morgan fingerprint density at radius 1 is 0.621 bits per heavy atom. The second-order valence-corrected chi connectivity index (χ2v) is 10.6. The Morgan fingerprint density at radius 2 is 1.07 bits per heavy atom. The van der Waals surface area contributed by atoms with Gasteiger partial charge >= 0.3 is 0 Å². The second-order valence-electron chi connectivity index (χ2n) is 10.6. The molecule has 29 heavy (non-hydrogen) atoms. The second kappa shape index (κ2) is 10.2. The van der Waals surface area contributed by atoms with Crippen molar-refractivity contribution < 1.29 is 18.3 Å². The summed E-state index contributed by atoms with van der Waals surface area (Å²) in [6.45, 7) is 4.17. The number of halogens is 2. The van der Waals surface area contributed by atoms with Gasteiger partial charge in [-0.3, -0.25) is 0 Å². The molecule has 0 unspecified atom stereocenters. The van der Waals surface area contributed by atoms with E-state index >= 15 is 0 Å². The maximum absolute atomic E-state index is 12.5. The van der Waals surface area contributed by atoms with Crippen LogP contribution in [0.15, 0.2) is 12.2 Å². The van der Waals surface area contributed by atoms with E-state index < -0.39 is 6.08 Å². The van der Waals surface area contributed by atoms with Crippen molar-refractivity contribution in [3.05, 3.63) is 12.2 Å². The van der Waals surface area contributed by atoms with E-state index in [0.29, 0.717) is 11.8 Å². The molecule has 2 nitrogen and oxygen atoms in total. The average molecular weight is 411 g/mol. The van der Waals surface area contributed by atoms with Gasteiger partial charge in [-0.1, -0.05) is 19.8 Å². The van der Waals surface area contributed by atoms with Crippen molar-refractivity contribution in [2.75, 3.05) is 13.2 Å². The Balaban J connectivity index is 1.16. The van der Waals surface area contributed by atoms with Crippen LogP contribution in [0.5, 0.6) is 0 Å². The summed E-state index contributed by atoms with van der Waals surface area (Å²) in [5, 5.41) is 0. The number of hydrogen-bond donors (Lipinski definition) is 0. The summed E-state index contributed by atoms with van der Waals surface area (Å²) in [6.07, 6.45) is 14.2. The summed E-state index contributed by atoms with van der Waals surface area (Å²) in [7, 11) is 0. The van der Waals surface area contributed by atoms with E-state index in [4.69, 9.17) is 9.47 Å². The minimum atomic E-state index is -1.50. The zero-order valence-corrected chi connectivity index (χ0v) is 18.2. The molecule has 0 amide bonds. The fourth-order valence-electron chi connectivity index (χ4n) is 6.68. The normalized spacial score (nSPS) is 44.2. The first-order valence-electron chi connectivity index (χ1n) is 12.3. The number of ether oxygens (including phenoxy) is 2. The van der Waals surface area contributed by atoms with Crippen molar-refractivity contribution >= 4 is 0 Å². The molecule has 0 bridgehead atoms. The molecule has 0 atom stereocenters. The molecule has 1 heterocycles. The third kappa shape index (κ3) is 5.81. The summed E-state index contributed by atoms with van der Waals surface area (Å²) in [5.74, 6) is 4.50. The molecule has 4 aliphatic rings. The summed E-state index contributed by atoms with van der Waals surface area (Å²) in [4.78, 5) is 0. The molecule has 0 N–H and O–H groups in total. The van der Waals surface area contributed by atoms with Gasteiger partial charge in [0.25, 0.3) is 6.08 Å². The number of allylic oxidation sites excluding steroid dienone is 1. The van der Waals surface area contributed by atoms with E-state index in [2.05, 4.69) is 6.92 Å². The van der Waals surface area contributed by atoms with Crippen molar-refractivity contribution in [2.45, 2.75) is 90.3 Å². The fourth-order valence-corrected chi connectivity index (χ4v) is 6.68. The highest BCUT2D eigenvalue weighted by atomic mass is 19.3. The van der Waals surface area contributed by atoms with Crippen molar-refractivity contribution in [2.24, 2.45) is 41.4 Å². The maximum Gasteiger partial charge on any atom is 0.266 e. The molecule has 0 spiro atoms. The summed E-state index contributed by atoms with van der Waals surface area (Å²) >= 11 is 0. The Bertz CT molecular complexity index is 515. The molecule has 0 aromatic carbocycles. The van der Waals surface area contributed by atoms with Crippen molar-refractivity contribution in [1.82, 2.24) is 0 Å². The molecule has 4 rings (SSSR count). The van der Waals surface area contributed by atoms with Crippen LogP contribution in [-0.4, -0.2) is 19.5 Å². The molecular formula is C25H40F2O2. The molecule has 0 aromatic rings. The molecule has 166 valence electrons. The van der Waals surface area contributed by atoms with Crippen LogP contribution < -0.4 is 0 Å². The molecule has 4 fully saturated rings. The number of rotatable bonds is 4. The van der Waals surface area contributed by atoms with Gasteiger partial charge in [-0.05, 0) is 99.9 Å². The van der Waals surface area contributed by atoms with Crippen molar-refractivity contribution in [3.63, 3.8) is 0 Å². The predicted molar refractivity (Wildman–Crippen MR) is 111 cm³/mol. The zero-order chi connectivity index (χ0) is 20.2. The molecular weight excluding hydrogens is 370 g/mol.